The van der Waals surface area contributed by atoms with Crippen LogP contribution in [0.15, 0.2) is 54.6 Å². The minimum atomic E-state index is -1.02. The third-order valence-electron chi connectivity index (χ3n) is 4.94. The zero-order valence-corrected chi connectivity index (χ0v) is 16.7. The van der Waals surface area contributed by atoms with Crippen LogP contribution in [-0.4, -0.2) is 39.8 Å². The molecule has 1 aromatic heterocycles. The van der Waals surface area contributed by atoms with Crippen LogP contribution in [0.25, 0.3) is 10.2 Å². The molecule has 1 saturated heterocycles. The maximum Gasteiger partial charge on any atom is 0.325 e. The molecule has 4 rings (SSSR count). The predicted molar refractivity (Wildman–Crippen MR) is 112 cm³/mol. The number of hydrogen-bond donors (Lipinski definition) is 2. The van der Waals surface area contributed by atoms with E-state index < -0.39 is 23.4 Å². The van der Waals surface area contributed by atoms with Crippen molar-refractivity contribution in [3.8, 4) is 0 Å². The fourth-order valence-electron chi connectivity index (χ4n) is 3.33. The van der Waals surface area contributed by atoms with Crippen molar-refractivity contribution < 1.29 is 14.4 Å². The van der Waals surface area contributed by atoms with Crippen LogP contribution in [0.2, 0.25) is 0 Å². The van der Waals surface area contributed by atoms with E-state index in [0.717, 1.165) is 20.7 Å². The highest BCUT2D eigenvalue weighted by Crippen LogP contribution is 2.26. The Kier molecular flexibility index (Phi) is 5.02. The minimum Gasteiger partial charge on any atom is -0.323 e. The molecule has 2 aromatic carbocycles. The summed E-state index contributed by atoms with van der Waals surface area (Å²) in [5, 5.41) is 5.85. The smallest absolute Gasteiger partial charge is 0.323 e. The number of nitrogens with one attached hydrogen (secondary N) is 2. The number of rotatable bonds is 6. The van der Waals surface area contributed by atoms with Crippen molar-refractivity contribution in [2.45, 2.75) is 25.3 Å². The van der Waals surface area contributed by atoms with Gasteiger partial charge in [-0.3, -0.25) is 14.5 Å². The summed E-state index contributed by atoms with van der Waals surface area (Å²) in [5.74, 6) is -0.849. The molecule has 0 radical (unpaired) electrons. The number of thiazole rings is 1. The molecule has 1 aliphatic heterocycles. The lowest BCUT2D eigenvalue weighted by molar-refractivity contribution is -0.133. The number of aromatic nitrogens is 1. The Labute approximate surface area is 171 Å². The van der Waals surface area contributed by atoms with Gasteiger partial charge in [-0.15, -0.1) is 0 Å². The van der Waals surface area contributed by atoms with E-state index in [9.17, 15) is 14.4 Å². The molecule has 29 heavy (non-hydrogen) atoms. The summed E-state index contributed by atoms with van der Waals surface area (Å²) in [4.78, 5) is 42.9. The first-order valence-electron chi connectivity index (χ1n) is 9.28. The van der Waals surface area contributed by atoms with E-state index in [2.05, 4.69) is 15.6 Å². The van der Waals surface area contributed by atoms with E-state index in [1.54, 1.807) is 6.92 Å². The molecule has 1 fully saturated rings. The van der Waals surface area contributed by atoms with Crippen LogP contribution in [0.5, 0.6) is 0 Å². The summed E-state index contributed by atoms with van der Waals surface area (Å²) in [6, 6.07) is 16.8. The number of anilines is 1. The third-order valence-corrected chi connectivity index (χ3v) is 5.90. The maximum atomic E-state index is 12.8. The fourth-order valence-corrected chi connectivity index (χ4v) is 4.21. The summed E-state index contributed by atoms with van der Waals surface area (Å²) in [7, 11) is 0. The van der Waals surface area contributed by atoms with Crippen LogP contribution in [-0.2, 0) is 16.0 Å². The number of amides is 4. The Hall–Kier alpha value is -3.26. The zero-order chi connectivity index (χ0) is 20.4. The first kappa shape index (κ1) is 19.1. The molecule has 7 nitrogen and oxygen atoms in total. The summed E-state index contributed by atoms with van der Waals surface area (Å²) in [6.45, 7) is 1.35. The molecule has 0 unspecified atom stereocenters. The van der Waals surface area contributed by atoms with Crippen molar-refractivity contribution in [1.29, 1.82) is 0 Å². The van der Waals surface area contributed by atoms with Gasteiger partial charge in [-0.1, -0.05) is 53.8 Å². The monoisotopic (exact) mass is 408 g/mol. The molecule has 0 bridgehead atoms. The Morgan fingerprint density at radius 3 is 2.62 bits per heavy atom. The zero-order valence-electron chi connectivity index (χ0n) is 15.8. The quantitative estimate of drug-likeness (QED) is 0.613. The van der Waals surface area contributed by atoms with Crippen LogP contribution in [0.1, 0.15) is 18.9 Å². The van der Waals surface area contributed by atoms with E-state index >= 15 is 0 Å². The Balaban J connectivity index is 1.39. The van der Waals surface area contributed by atoms with E-state index in [-0.39, 0.29) is 6.54 Å². The van der Waals surface area contributed by atoms with Gasteiger partial charge in [0.25, 0.3) is 5.91 Å². The topological polar surface area (TPSA) is 91.4 Å². The summed E-state index contributed by atoms with van der Waals surface area (Å²) in [5.41, 5.74) is 0.849. The lowest BCUT2D eigenvalue weighted by Gasteiger charge is -2.21. The van der Waals surface area contributed by atoms with Crippen LogP contribution in [0.4, 0.5) is 9.93 Å². The molecule has 3 aromatic rings. The number of fused-ring (bicyclic) bond motifs is 1. The van der Waals surface area contributed by atoms with Crippen LogP contribution in [0.3, 0.4) is 0 Å². The molecule has 0 aliphatic carbocycles. The van der Waals surface area contributed by atoms with Gasteiger partial charge in [0.2, 0.25) is 5.91 Å². The molecule has 8 heteroatoms. The number of urea groups is 1. The normalized spacial score (nSPS) is 18.9. The van der Waals surface area contributed by atoms with Crippen molar-refractivity contribution in [3.05, 3.63) is 60.2 Å². The van der Waals surface area contributed by atoms with Gasteiger partial charge in [-0.05, 0) is 37.5 Å². The van der Waals surface area contributed by atoms with Crippen molar-refractivity contribution in [2.24, 2.45) is 0 Å². The van der Waals surface area contributed by atoms with Gasteiger partial charge in [0.05, 0.1) is 10.2 Å². The third kappa shape index (κ3) is 3.97. The average molecular weight is 408 g/mol. The number of para-hydroxylation sites is 1. The highest BCUT2D eigenvalue weighted by Gasteiger charge is 2.47. The first-order valence-corrected chi connectivity index (χ1v) is 10.1. The maximum absolute atomic E-state index is 12.8. The second-order valence-electron chi connectivity index (χ2n) is 7.17. The Morgan fingerprint density at radius 1 is 1.14 bits per heavy atom. The number of aryl methyl sites for hydroxylation is 1. The van der Waals surface area contributed by atoms with Gasteiger partial charge < -0.3 is 10.6 Å². The SMILES string of the molecule is C[C@@]1(CCc2ccccc2)NC(=O)N(CC(=O)Nc2nc3ccccc3s2)C1=O. The number of imide groups is 1. The lowest BCUT2D eigenvalue weighted by atomic mass is 9.93. The fraction of sp³-hybridized carbons (Fsp3) is 0.238. The second kappa shape index (κ2) is 7.63. The number of carbonyl (C=O) groups is 3. The second-order valence-corrected chi connectivity index (χ2v) is 8.20. The first-order chi connectivity index (χ1) is 13.9. The number of carbonyl (C=O) groups excluding carboxylic acids is 3. The number of hydrogen-bond acceptors (Lipinski definition) is 5. The molecule has 2 N–H and O–H groups in total. The molecule has 0 spiro atoms. The summed E-state index contributed by atoms with van der Waals surface area (Å²) >= 11 is 1.34. The lowest BCUT2D eigenvalue weighted by Crippen LogP contribution is -2.45. The van der Waals surface area contributed by atoms with Crippen LogP contribution < -0.4 is 10.6 Å². The van der Waals surface area contributed by atoms with Crippen molar-refractivity contribution in [1.82, 2.24) is 15.2 Å². The number of nitrogens with zero attached hydrogens (tertiary/aromatic N) is 2. The van der Waals surface area contributed by atoms with Gasteiger partial charge >= 0.3 is 6.03 Å². The average Bonchev–Trinajstić information content (AvgIpc) is 3.21. The van der Waals surface area contributed by atoms with Crippen LogP contribution >= 0.6 is 11.3 Å². The molecule has 1 atom stereocenters. The molecular weight excluding hydrogens is 388 g/mol. The van der Waals surface area contributed by atoms with Gasteiger partial charge in [-0.2, -0.15) is 0 Å². The summed E-state index contributed by atoms with van der Waals surface area (Å²) < 4.78 is 0.950. The molecule has 4 amide bonds. The summed E-state index contributed by atoms with van der Waals surface area (Å²) in [6.07, 6.45) is 1.10. The van der Waals surface area contributed by atoms with Crippen molar-refractivity contribution >= 4 is 44.5 Å². The predicted octanol–water partition coefficient (Wildman–Crippen LogP) is 3.18. The van der Waals surface area contributed by atoms with Crippen molar-refractivity contribution in [3.63, 3.8) is 0 Å². The molecule has 148 valence electrons. The number of benzene rings is 2. The molecular formula is C21H20N4O3S. The Bertz CT molecular complexity index is 1050. The minimum absolute atomic E-state index is 0.346. The highest BCUT2D eigenvalue weighted by atomic mass is 32.1. The van der Waals surface area contributed by atoms with Crippen LogP contribution in [0, 0.1) is 0 Å². The van der Waals surface area contributed by atoms with E-state index in [1.807, 2.05) is 54.6 Å². The van der Waals surface area contributed by atoms with Gasteiger partial charge in [0.15, 0.2) is 5.13 Å². The van der Waals surface area contributed by atoms with E-state index in [0.29, 0.717) is 18.0 Å². The van der Waals surface area contributed by atoms with Crippen molar-refractivity contribution in [2.75, 3.05) is 11.9 Å². The van der Waals surface area contributed by atoms with Gasteiger partial charge in [0, 0.05) is 0 Å². The molecule has 0 saturated carbocycles. The molecule has 1 aliphatic rings. The van der Waals surface area contributed by atoms with Gasteiger partial charge in [0.1, 0.15) is 12.1 Å². The standard InChI is InChI=1S/C21H20N4O3S/c1-21(12-11-14-7-3-2-4-8-14)18(27)25(20(28)24-21)13-17(26)23-19-22-15-9-5-6-10-16(15)29-19/h2-10H,11-13H2,1H3,(H,24,28)(H,22,23,26)/t21-/m0/s1. The highest BCUT2D eigenvalue weighted by molar-refractivity contribution is 7.22. The molecule has 2 heterocycles. The van der Waals surface area contributed by atoms with E-state index in [1.165, 1.54) is 11.3 Å². The Morgan fingerprint density at radius 2 is 1.86 bits per heavy atom. The van der Waals surface area contributed by atoms with Gasteiger partial charge in [-0.25, -0.2) is 9.78 Å². The largest absolute Gasteiger partial charge is 0.325 e. The van der Waals surface area contributed by atoms with E-state index in [4.69, 9.17) is 0 Å².